The summed E-state index contributed by atoms with van der Waals surface area (Å²) in [7, 11) is 0. The summed E-state index contributed by atoms with van der Waals surface area (Å²) in [5.74, 6) is 1.46. The van der Waals surface area contributed by atoms with Crippen molar-refractivity contribution in [3.05, 3.63) is 59.7 Å². The van der Waals surface area contributed by atoms with E-state index in [9.17, 15) is 0 Å². The Morgan fingerprint density at radius 1 is 1.04 bits per heavy atom. The molecule has 0 atom stereocenters. The van der Waals surface area contributed by atoms with Crippen molar-refractivity contribution in [1.29, 1.82) is 0 Å². The van der Waals surface area contributed by atoms with Crippen LogP contribution in [0.15, 0.2) is 48.5 Å². The molecule has 124 valence electrons. The maximum absolute atomic E-state index is 6.12. The number of anilines is 1. The fraction of sp³-hybridized carbons (Fsp3) is 0.400. The zero-order chi connectivity index (χ0) is 16.5. The second-order valence-corrected chi connectivity index (χ2v) is 6.35. The molecule has 0 fully saturated rings. The maximum Gasteiger partial charge on any atom is 0.142 e. The minimum Gasteiger partial charge on any atom is -0.487 e. The number of rotatable bonds is 9. The molecular weight excluding hydrogens is 284 g/mol. The van der Waals surface area contributed by atoms with E-state index >= 15 is 0 Å². The van der Waals surface area contributed by atoms with Crippen LogP contribution in [0.3, 0.4) is 0 Å². The van der Waals surface area contributed by atoms with Gasteiger partial charge >= 0.3 is 0 Å². The van der Waals surface area contributed by atoms with Gasteiger partial charge in [-0.2, -0.15) is 0 Å². The van der Waals surface area contributed by atoms with Crippen molar-refractivity contribution in [2.75, 3.05) is 18.8 Å². The van der Waals surface area contributed by atoms with Gasteiger partial charge in [-0.15, -0.1) is 0 Å². The first kappa shape index (κ1) is 17.4. The lowest BCUT2D eigenvalue weighted by atomic mass is 10.1. The van der Waals surface area contributed by atoms with Crippen LogP contribution in [0.25, 0.3) is 0 Å². The zero-order valence-electron chi connectivity index (χ0n) is 14.2. The van der Waals surface area contributed by atoms with E-state index in [1.807, 2.05) is 30.3 Å². The monoisotopic (exact) mass is 312 g/mol. The van der Waals surface area contributed by atoms with E-state index in [2.05, 4.69) is 37.4 Å². The van der Waals surface area contributed by atoms with E-state index in [0.717, 1.165) is 37.2 Å². The number of nitrogen functional groups attached to an aromatic ring is 1. The first-order chi connectivity index (χ1) is 11.1. The van der Waals surface area contributed by atoms with Crippen molar-refractivity contribution in [1.82, 2.24) is 5.32 Å². The van der Waals surface area contributed by atoms with Crippen LogP contribution in [0.4, 0.5) is 5.69 Å². The van der Waals surface area contributed by atoms with Crippen LogP contribution in [-0.2, 0) is 13.0 Å². The summed E-state index contributed by atoms with van der Waals surface area (Å²) < 4.78 is 5.81. The molecule has 0 aliphatic heterocycles. The molecule has 2 rings (SSSR count). The molecule has 0 saturated carbocycles. The zero-order valence-corrected chi connectivity index (χ0v) is 14.2. The maximum atomic E-state index is 6.12. The van der Waals surface area contributed by atoms with Gasteiger partial charge in [0.15, 0.2) is 0 Å². The number of nitrogens with one attached hydrogen (secondary N) is 1. The fourth-order valence-electron chi connectivity index (χ4n) is 2.43. The number of aryl methyl sites for hydroxylation is 1. The molecule has 0 heterocycles. The molecule has 0 aromatic heterocycles. The molecule has 0 amide bonds. The summed E-state index contributed by atoms with van der Waals surface area (Å²) in [6.07, 6.45) is 2.16. The highest BCUT2D eigenvalue weighted by molar-refractivity contribution is 5.54. The van der Waals surface area contributed by atoms with Gasteiger partial charge in [0.1, 0.15) is 12.4 Å². The van der Waals surface area contributed by atoms with Crippen LogP contribution in [0.2, 0.25) is 0 Å². The first-order valence-corrected chi connectivity index (χ1v) is 8.41. The van der Waals surface area contributed by atoms with Crippen LogP contribution in [0.5, 0.6) is 5.75 Å². The molecule has 0 bridgehead atoms. The van der Waals surface area contributed by atoms with Gasteiger partial charge in [0.2, 0.25) is 0 Å². The smallest absolute Gasteiger partial charge is 0.142 e. The molecule has 0 unspecified atom stereocenters. The summed E-state index contributed by atoms with van der Waals surface area (Å²) in [6.45, 7) is 7.12. The summed E-state index contributed by atoms with van der Waals surface area (Å²) >= 11 is 0. The minimum absolute atomic E-state index is 0.545. The molecule has 0 radical (unpaired) electrons. The van der Waals surface area contributed by atoms with Crippen molar-refractivity contribution < 1.29 is 4.74 Å². The van der Waals surface area contributed by atoms with E-state index < -0.39 is 0 Å². The van der Waals surface area contributed by atoms with E-state index in [1.54, 1.807) is 0 Å². The predicted molar refractivity (Wildman–Crippen MR) is 97.7 cm³/mol. The molecule has 3 heteroatoms. The Morgan fingerprint density at radius 3 is 2.52 bits per heavy atom. The van der Waals surface area contributed by atoms with Crippen LogP contribution in [0.1, 0.15) is 31.4 Å². The SMILES string of the molecule is CC(C)CNCCCc1ccc(OCc2ccccc2)c(N)c1. The fourth-order valence-corrected chi connectivity index (χ4v) is 2.43. The Hall–Kier alpha value is -2.00. The van der Waals surface area contributed by atoms with Crippen molar-refractivity contribution in [3.63, 3.8) is 0 Å². The highest BCUT2D eigenvalue weighted by Crippen LogP contribution is 2.24. The Labute approximate surface area is 139 Å². The molecule has 0 aliphatic rings. The Balaban J connectivity index is 1.78. The molecule has 3 nitrogen and oxygen atoms in total. The van der Waals surface area contributed by atoms with Crippen LogP contribution < -0.4 is 15.8 Å². The standard InChI is InChI=1S/C20H28N2O/c1-16(2)14-22-12-6-9-17-10-11-20(19(21)13-17)23-15-18-7-4-3-5-8-18/h3-5,7-8,10-11,13,16,22H,6,9,12,14-15,21H2,1-2H3. The molecule has 0 spiro atoms. The van der Waals surface area contributed by atoms with Crippen molar-refractivity contribution in [3.8, 4) is 5.75 Å². The first-order valence-electron chi connectivity index (χ1n) is 8.41. The second-order valence-electron chi connectivity index (χ2n) is 6.35. The number of nitrogens with two attached hydrogens (primary N) is 1. The topological polar surface area (TPSA) is 47.3 Å². The van der Waals surface area contributed by atoms with Crippen molar-refractivity contribution in [2.45, 2.75) is 33.3 Å². The largest absolute Gasteiger partial charge is 0.487 e. The van der Waals surface area contributed by atoms with Crippen molar-refractivity contribution in [2.24, 2.45) is 5.92 Å². The number of hydrogen-bond acceptors (Lipinski definition) is 3. The summed E-state index contributed by atoms with van der Waals surface area (Å²) in [5, 5.41) is 3.46. The molecular formula is C20H28N2O. The number of hydrogen-bond donors (Lipinski definition) is 2. The molecule has 0 aliphatic carbocycles. The third-order valence-corrected chi connectivity index (χ3v) is 3.68. The van der Waals surface area contributed by atoms with Gasteiger partial charge < -0.3 is 15.8 Å². The second kappa shape index (κ2) is 9.21. The lowest BCUT2D eigenvalue weighted by molar-refractivity contribution is 0.308. The summed E-state index contributed by atoms with van der Waals surface area (Å²) in [6, 6.07) is 16.3. The van der Waals surface area contributed by atoms with Crippen LogP contribution in [0, 0.1) is 5.92 Å². The lowest BCUT2D eigenvalue weighted by Gasteiger charge is -2.11. The van der Waals surface area contributed by atoms with Gasteiger partial charge in [-0.05, 0) is 55.1 Å². The average Bonchev–Trinajstić information content (AvgIpc) is 2.54. The lowest BCUT2D eigenvalue weighted by Crippen LogP contribution is -2.21. The normalized spacial score (nSPS) is 10.9. The summed E-state index contributed by atoms with van der Waals surface area (Å²) in [4.78, 5) is 0. The van der Waals surface area contributed by atoms with Crippen LogP contribution in [-0.4, -0.2) is 13.1 Å². The summed E-state index contributed by atoms with van der Waals surface area (Å²) in [5.41, 5.74) is 9.24. The van der Waals surface area contributed by atoms with E-state index in [-0.39, 0.29) is 0 Å². The predicted octanol–water partition coefficient (Wildman–Crippen LogP) is 4.03. The quantitative estimate of drug-likeness (QED) is 0.543. The van der Waals surface area contributed by atoms with E-state index in [0.29, 0.717) is 18.2 Å². The van der Waals surface area contributed by atoms with Gasteiger partial charge in [-0.25, -0.2) is 0 Å². The van der Waals surface area contributed by atoms with Gasteiger partial charge in [0.05, 0.1) is 5.69 Å². The third-order valence-electron chi connectivity index (χ3n) is 3.68. The average molecular weight is 312 g/mol. The Morgan fingerprint density at radius 2 is 1.83 bits per heavy atom. The third kappa shape index (κ3) is 6.33. The minimum atomic E-state index is 0.545. The van der Waals surface area contributed by atoms with E-state index in [4.69, 9.17) is 10.5 Å². The van der Waals surface area contributed by atoms with Gasteiger partial charge in [0, 0.05) is 0 Å². The van der Waals surface area contributed by atoms with Gasteiger partial charge in [0.25, 0.3) is 0 Å². The molecule has 23 heavy (non-hydrogen) atoms. The Bertz CT molecular complexity index is 581. The highest BCUT2D eigenvalue weighted by Gasteiger charge is 2.03. The molecule has 2 aromatic carbocycles. The molecule has 3 N–H and O–H groups in total. The van der Waals surface area contributed by atoms with Gasteiger partial charge in [-0.3, -0.25) is 0 Å². The van der Waals surface area contributed by atoms with Crippen molar-refractivity contribution >= 4 is 5.69 Å². The van der Waals surface area contributed by atoms with Crippen LogP contribution >= 0.6 is 0 Å². The Kier molecular flexibility index (Phi) is 6.95. The highest BCUT2D eigenvalue weighted by atomic mass is 16.5. The van der Waals surface area contributed by atoms with Gasteiger partial charge in [-0.1, -0.05) is 50.2 Å². The van der Waals surface area contributed by atoms with E-state index in [1.165, 1.54) is 5.56 Å². The molecule has 2 aromatic rings. The molecule has 0 saturated heterocycles. The number of ether oxygens (including phenoxy) is 1. The number of benzene rings is 2.